The second kappa shape index (κ2) is 8.04. The summed E-state index contributed by atoms with van der Waals surface area (Å²) in [5, 5.41) is 8.84. The summed E-state index contributed by atoms with van der Waals surface area (Å²) in [4.78, 5) is 20.6. The zero-order chi connectivity index (χ0) is 16.7. The van der Waals surface area contributed by atoms with Gasteiger partial charge < -0.3 is 19.3 Å². The molecular formula is C16H17O6P. The van der Waals surface area contributed by atoms with Gasteiger partial charge >= 0.3 is 13.6 Å². The van der Waals surface area contributed by atoms with Crippen molar-refractivity contribution < 1.29 is 28.6 Å². The Kier molecular flexibility index (Phi) is 6.07. The van der Waals surface area contributed by atoms with Crippen molar-refractivity contribution in [3.8, 4) is 0 Å². The predicted octanol–water partition coefficient (Wildman–Crippen LogP) is 2.43. The minimum Gasteiger partial charge on any atom is -0.478 e. The molecule has 1 unspecified atom stereocenters. The molecule has 0 bridgehead atoms. The van der Waals surface area contributed by atoms with Crippen LogP contribution in [0.2, 0.25) is 0 Å². The maximum Gasteiger partial charge on any atom is 0.358 e. The van der Waals surface area contributed by atoms with E-state index in [0.29, 0.717) is 6.61 Å². The lowest BCUT2D eigenvalue weighted by Crippen LogP contribution is -2.11. The Labute approximate surface area is 133 Å². The molecule has 2 N–H and O–H groups in total. The average molecular weight is 336 g/mol. The molecule has 0 radical (unpaired) electrons. The van der Waals surface area contributed by atoms with Crippen LogP contribution in [0.1, 0.15) is 15.9 Å². The van der Waals surface area contributed by atoms with Gasteiger partial charge in [0.1, 0.15) is 0 Å². The zero-order valence-electron chi connectivity index (χ0n) is 12.3. The Morgan fingerprint density at radius 3 is 2.26 bits per heavy atom. The van der Waals surface area contributed by atoms with Crippen molar-refractivity contribution in [2.45, 2.75) is 6.61 Å². The van der Waals surface area contributed by atoms with Crippen LogP contribution in [0.3, 0.4) is 0 Å². The van der Waals surface area contributed by atoms with E-state index in [-0.39, 0.29) is 24.1 Å². The van der Waals surface area contributed by atoms with Gasteiger partial charge in [0.25, 0.3) is 0 Å². The third-order valence-electron chi connectivity index (χ3n) is 3.05. The highest BCUT2D eigenvalue weighted by Crippen LogP contribution is 2.40. The molecule has 0 spiro atoms. The van der Waals surface area contributed by atoms with E-state index < -0.39 is 13.6 Å². The zero-order valence-corrected chi connectivity index (χ0v) is 13.2. The highest BCUT2D eigenvalue weighted by Gasteiger charge is 2.22. The van der Waals surface area contributed by atoms with E-state index in [9.17, 15) is 14.3 Å². The van der Waals surface area contributed by atoms with Crippen molar-refractivity contribution in [1.82, 2.24) is 0 Å². The van der Waals surface area contributed by atoms with E-state index in [1.165, 1.54) is 24.3 Å². The fraction of sp³-hybridized carbons (Fsp3) is 0.188. The molecule has 0 fully saturated rings. The first-order chi connectivity index (χ1) is 11.0. The second-order valence-electron chi connectivity index (χ2n) is 4.74. The molecule has 0 amide bonds. The third kappa shape index (κ3) is 5.30. The molecule has 2 aromatic carbocycles. The maximum atomic E-state index is 12.1. The number of rotatable bonds is 8. The smallest absolute Gasteiger partial charge is 0.358 e. The Balaban J connectivity index is 1.79. The molecular weight excluding hydrogens is 319 g/mol. The van der Waals surface area contributed by atoms with E-state index in [2.05, 4.69) is 0 Å². The van der Waals surface area contributed by atoms with Gasteiger partial charge in [-0.15, -0.1) is 0 Å². The molecule has 0 saturated carbocycles. The van der Waals surface area contributed by atoms with Crippen LogP contribution in [0, 0.1) is 0 Å². The van der Waals surface area contributed by atoms with Crippen molar-refractivity contribution in [2.24, 2.45) is 0 Å². The standard InChI is InChI=1S/C16H17O6P/c17-16(18)14-6-8-15(9-7-14)23(19,20)22-11-10-21-12-13-4-2-1-3-5-13/h1-9H,10-12H2,(H,17,18)(H,19,20). The molecule has 0 heterocycles. The van der Waals surface area contributed by atoms with E-state index in [1.807, 2.05) is 30.3 Å². The summed E-state index contributed by atoms with van der Waals surface area (Å²) >= 11 is 0. The molecule has 2 aromatic rings. The fourth-order valence-electron chi connectivity index (χ4n) is 1.85. The number of hydrogen-bond acceptors (Lipinski definition) is 4. The first-order valence-electron chi connectivity index (χ1n) is 6.92. The summed E-state index contributed by atoms with van der Waals surface area (Å²) in [7, 11) is -3.98. The molecule has 0 aliphatic carbocycles. The van der Waals surface area contributed by atoms with Gasteiger partial charge in [-0.1, -0.05) is 30.3 Å². The second-order valence-corrected chi connectivity index (χ2v) is 6.56. The third-order valence-corrected chi connectivity index (χ3v) is 4.53. The van der Waals surface area contributed by atoms with Crippen LogP contribution in [0.4, 0.5) is 0 Å². The molecule has 1 atom stereocenters. The highest BCUT2D eigenvalue weighted by atomic mass is 31.2. The molecule has 122 valence electrons. The Bertz CT molecular complexity index is 683. The van der Waals surface area contributed by atoms with Gasteiger partial charge in [0.05, 0.1) is 30.7 Å². The van der Waals surface area contributed by atoms with Gasteiger partial charge in [-0.05, 0) is 29.8 Å². The number of carboxylic acid groups (broad SMARTS) is 1. The highest BCUT2D eigenvalue weighted by molar-refractivity contribution is 7.61. The van der Waals surface area contributed by atoms with Gasteiger partial charge in [0, 0.05) is 0 Å². The monoisotopic (exact) mass is 336 g/mol. The number of hydrogen-bond donors (Lipinski definition) is 2. The summed E-state index contributed by atoms with van der Waals surface area (Å²) in [5.74, 6) is -1.10. The van der Waals surface area contributed by atoms with Crippen LogP contribution in [0.5, 0.6) is 0 Å². The summed E-state index contributed by atoms with van der Waals surface area (Å²) < 4.78 is 22.4. The minimum atomic E-state index is -3.98. The molecule has 23 heavy (non-hydrogen) atoms. The molecule has 7 heteroatoms. The SMILES string of the molecule is O=C(O)c1ccc(P(=O)(O)OCCOCc2ccccc2)cc1. The van der Waals surface area contributed by atoms with Crippen LogP contribution in [0.15, 0.2) is 54.6 Å². The molecule has 0 aromatic heterocycles. The fourth-order valence-corrected chi connectivity index (χ4v) is 2.85. The average Bonchev–Trinajstić information content (AvgIpc) is 2.55. The number of ether oxygens (including phenoxy) is 1. The maximum absolute atomic E-state index is 12.1. The van der Waals surface area contributed by atoms with Crippen LogP contribution in [0.25, 0.3) is 0 Å². The Morgan fingerprint density at radius 1 is 1.00 bits per heavy atom. The van der Waals surface area contributed by atoms with E-state index >= 15 is 0 Å². The number of carboxylic acids is 1. The van der Waals surface area contributed by atoms with Crippen molar-refractivity contribution >= 4 is 18.9 Å². The Hall–Kier alpha value is -1.98. The van der Waals surface area contributed by atoms with E-state index in [4.69, 9.17) is 14.4 Å². The normalized spacial score (nSPS) is 13.4. The molecule has 0 aliphatic rings. The van der Waals surface area contributed by atoms with Crippen molar-refractivity contribution in [3.63, 3.8) is 0 Å². The van der Waals surface area contributed by atoms with Crippen molar-refractivity contribution in [1.29, 1.82) is 0 Å². The van der Waals surface area contributed by atoms with Gasteiger partial charge in [0.15, 0.2) is 0 Å². The van der Waals surface area contributed by atoms with Gasteiger partial charge in [0.2, 0.25) is 0 Å². The van der Waals surface area contributed by atoms with Crippen LogP contribution >= 0.6 is 7.60 Å². The van der Waals surface area contributed by atoms with Crippen LogP contribution < -0.4 is 5.30 Å². The van der Waals surface area contributed by atoms with Crippen LogP contribution in [-0.2, 0) is 20.4 Å². The summed E-state index contributed by atoms with van der Waals surface area (Å²) in [6.07, 6.45) is 0. The van der Waals surface area contributed by atoms with E-state index in [0.717, 1.165) is 5.56 Å². The van der Waals surface area contributed by atoms with E-state index in [1.54, 1.807) is 0 Å². The number of benzene rings is 2. The number of aromatic carboxylic acids is 1. The summed E-state index contributed by atoms with van der Waals surface area (Å²) in [5.41, 5.74) is 1.05. The van der Waals surface area contributed by atoms with Gasteiger partial charge in [-0.3, -0.25) is 4.57 Å². The molecule has 0 saturated heterocycles. The van der Waals surface area contributed by atoms with Gasteiger partial charge in [-0.25, -0.2) is 4.79 Å². The largest absolute Gasteiger partial charge is 0.478 e. The quantitative estimate of drug-likeness (QED) is 0.568. The molecule has 0 aliphatic heterocycles. The lowest BCUT2D eigenvalue weighted by atomic mass is 10.2. The van der Waals surface area contributed by atoms with Crippen molar-refractivity contribution in [2.75, 3.05) is 13.2 Å². The lowest BCUT2D eigenvalue weighted by Gasteiger charge is -2.12. The molecule has 2 rings (SSSR count). The van der Waals surface area contributed by atoms with Crippen LogP contribution in [-0.4, -0.2) is 29.2 Å². The summed E-state index contributed by atoms with van der Waals surface area (Å²) in [6.45, 7) is 0.529. The minimum absolute atomic E-state index is 0.0404. The number of carbonyl (C=O) groups is 1. The van der Waals surface area contributed by atoms with Crippen molar-refractivity contribution in [3.05, 3.63) is 65.7 Å². The Morgan fingerprint density at radius 2 is 1.65 bits per heavy atom. The molecule has 6 nitrogen and oxygen atoms in total. The summed E-state index contributed by atoms with van der Waals surface area (Å²) in [6, 6.07) is 14.6. The first-order valence-corrected chi connectivity index (χ1v) is 8.50. The predicted molar refractivity (Wildman–Crippen MR) is 84.9 cm³/mol. The van der Waals surface area contributed by atoms with Gasteiger partial charge in [-0.2, -0.15) is 0 Å². The topological polar surface area (TPSA) is 93.1 Å². The first kappa shape index (κ1) is 17.4. The lowest BCUT2D eigenvalue weighted by molar-refractivity contribution is 0.0697.